The molecule has 0 N–H and O–H groups in total. The summed E-state index contributed by atoms with van der Waals surface area (Å²) in [5, 5.41) is 0. The summed E-state index contributed by atoms with van der Waals surface area (Å²) in [6.07, 6.45) is 3.68. The van der Waals surface area contributed by atoms with E-state index < -0.39 is 0 Å². The number of hydrogen-bond acceptors (Lipinski definition) is 5. The molecule has 0 unspecified atom stereocenters. The van der Waals surface area contributed by atoms with Crippen molar-refractivity contribution in [1.29, 1.82) is 0 Å². The minimum absolute atomic E-state index is 0.0654. The molecule has 8 heteroatoms. The van der Waals surface area contributed by atoms with Crippen molar-refractivity contribution in [2.75, 3.05) is 44.8 Å². The van der Waals surface area contributed by atoms with Gasteiger partial charge in [-0.25, -0.2) is 9.37 Å². The molecular formula is C22H23FN4O3. The van der Waals surface area contributed by atoms with Crippen molar-refractivity contribution in [2.45, 2.75) is 0 Å². The lowest BCUT2D eigenvalue weighted by Crippen LogP contribution is -2.50. The summed E-state index contributed by atoms with van der Waals surface area (Å²) in [4.78, 5) is 20.9. The number of nitrogens with zero attached hydrogens (tertiary/aromatic N) is 4. The summed E-state index contributed by atoms with van der Waals surface area (Å²) in [5.41, 5.74) is 0.966. The predicted octanol–water partition coefficient (Wildman–Crippen LogP) is 2.75. The summed E-state index contributed by atoms with van der Waals surface area (Å²) in [6, 6.07) is 13.4. The zero-order valence-electron chi connectivity index (χ0n) is 16.7. The number of halogens is 1. The summed E-state index contributed by atoms with van der Waals surface area (Å²) in [5.74, 6) is 1.66. The number of hydrogen-bond donors (Lipinski definition) is 0. The minimum Gasteiger partial charge on any atom is -0.497 e. The van der Waals surface area contributed by atoms with Crippen LogP contribution in [0, 0.1) is 5.82 Å². The number of rotatable bonds is 6. The van der Waals surface area contributed by atoms with E-state index in [0.29, 0.717) is 31.9 Å². The molecule has 1 aliphatic rings. The number of benzene rings is 2. The van der Waals surface area contributed by atoms with Gasteiger partial charge < -0.3 is 19.3 Å². The normalized spacial score (nSPS) is 13.9. The number of carbonyl (C=O) groups excluding carboxylic acids is 1. The average Bonchev–Trinajstić information content (AvgIpc) is 3.29. The molecule has 1 aliphatic heterocycles. The Kier molecular flexibility index (Phi) is 5.83. The van der Waals surface area contributed by atoms with Crippen LogP contribution in [-0.4, -0.2) is 60.3 Å². The number of amides is 1. The van der Waals surface area contributed by atoms with Crippen LogP contribution in [0.5, 0.6) is 11.5 Å². The van der Waals surface area contributed by atoms with E-state index in [9.17, 15) is 9.18 Å². The van der Waals surface area contributed by atoms with E-state index in [-0.39, 0.29) is 18.3 Å². The van der Waals surface area contributed by atoms with E-state index in [1.807, 2.05) is 35.0 Å². The zero-order chi connectivity index (χ0) is 20.9. The van der Waals surface area contributed by atoms with Gasteiger partial charge in [0.25, 0.3) is 5.91 Å². The molecule has 1 saturated heterocycles. The molecule has 0 bridgehead atoms. The first-order valence-corrected chi connectivity index (χ1v) is 9.73. The molecule has 0 saturated carbocycles. The van der Waals surface area contributed by atoms with Crippen LogP contribution in [0.3, 0.4) is 0 Å². The van der Waals surface area contributed by atoms with Gasteiger partial charge in [-0.2, -0.15) is 0 Å². The van der Waals surface area contributed by atoms with Gasteiger partial charge in [0.05, 0.1) is 12.8 Å². The maximum Gasteiger partial charge on any atom is 0.260 e. The van der Waals surface area contributed by atoms with Crippen LogP contribution in [0.1, 0.15) is 0 Å². The molecule has 1 aromatic heterocycles. The van der Waals surface area contributed by atoms with Gasteiger partial charge in [-0.3, -0.25) is 9.36 Å². The van der Waals surface area contributed by atoms with E-state index in [1.54, 1.807) is 18.2 Å². The lowest BCUT2D eigenvalue weighted by atomic mass is 10.3. The van der Waals surface area contributed by atoms with Crippen molar-refractivity contribution < 1.29 is 18.7 Å². The van der Waals surface area contributed by atoms with Gasteiger partial charge in [0, 0.05) is 44.6 Å². The van der Waals surface area contributed by atoms with Gasteiger partial charge >= 0.3 is 0 Å². The van der Waals surface area contributed by atoms with Crippen LogP contribution >= 0.6 is 0 Å². The average molecular weight is 410 g/mol. The second-order valence-electron chi connectivity index (χ2n) is 6.91. The molecule has 1 fully saturated rings. The first-order chi connectivity index (χ1) is 14.6. The first-order valence-electron chi connectivity index (χ1n) is 9.73. The van der Waals surface area contributed by atoms with Crippen LogP contribution in [0.4, 0.5) is 10.3 Å². The molecule has 1 amide bonds. The number of aromatic nitrogens is 2. The lowest BCUT2D eigenvalue weighted by Gasteiger charge is -2.35. The van der Waals surface area contributed by atoms with Crippen LogP contribution in [0.2, 0.25) is 0 Å². The second kappa shape index (κ2) is 8.86. The van der Waals surface area contributed by atoms with Crippen molar-refractivity contribution in [1.82, 2.24) is 14.5 Å². The Balaban J connectivity index is 1.35. The molecule has 0 spiro atoms. The van der Waals surface area contributed by atoms with Crippen molar-refractivity contribution in [3.63, 3.8) is 0 Å². The molecule has 2 aromatic carbocycles. The van der Waals surface area contributed by atoms with Gasteiger partial charge in [-0.05, 0) is 36.4 Å². The Hall–Kier alpha value is -3.55. The van der Waals surface area contributed by atoms with Crippen molar-refractivity contribution >= 4 is 11.9 Å². The molecular weight excluding hydrogens is 387 g/mol. The molecule has 0 aliphatic carbocycles. The fraction of sp³-hybridized carbons (Fsp3) is 0.273. The number of ether oxygens (including phenoxy) is 2. The maximum absolute atomic E-state index is 13.0. The number of anilines is 1. The minimum atomic E-state index is -0.336. The number of carbonyl (C=O) groups is 1. The molecule has 30 heavy (non-hydrogen) atoms. The summed E-state index contributed by atoms with van der Waals surface area (Å²) >= 11 is 0. The SMILES string of the molecule is COc1cccc(-n2ccnc2N2CCN(C(=O)COc3ccc(F)cc3)CC2)c1. The highest BCUT2D eigenvalue weighted by Gasteiger charge is 2.24. The fourth-order valence-corrected chi connectivity index (χ4v) is 3.41. The molecule has 0 radical (unpaired) electrons. The standard InChI is InChI=1S/C22H23FN4O3/c1-29-20-4-2-3-18(15-20)27-10-9-24-22(27)26-13-11-25(12-14-26)21(28)16-30-19-7-5-17(23)6-8-19/h2-10,15H,11-14,16H2,1H3. The largest absolute Gasteiger partial charge is 0.497 e. The van der Waals surface area contributed by atoms with Crippen LogP contribution in [-0.2, 0) is 4.79 Å². The van der Waals surface area contributed by atoms with Gasteiger partial charge in [-0.15, -0.1) is 0 Å². The van der Waals surface area contributed by atoms with E-state index in [1.165, 1.54) is 24.3 Å². The Morgan fingerprint density at radius 1 is 1.07 bits per heavy atom. The third-order valence-corrected chi connectivity index (χ3v) is 5.04. The van der Waals surface area contributed by atoms with Gasteiger partial charge in [0.2, 0.25) is 5.95 Å². The molecule has 156 valence electrons. The van der Waals surface area contributed by atoms with Crippen molar-refractivity contribution in [3.8, 4) is 17.2 Å². The maximum atomic E-state index is 13.0. The highest BCUT2D eigenvalue weighted by atomic mass is 19.1. The fourth-order valence-electron chi connectivity index (χ4n) is 3.41. The number of imidazole rings is 1. The lowest BCUT2D eigenvalue weighted by molar-refractivity contribution is -0.133. The van der Waals surface area contributed by atoms with Crippen LogP contribution in [0.15, 0.2) is 60.9 Å². The monoisotopic (exact) mass is 410 g/mol. The Morgan fingerprint density at radius 2 is 1.83 bits per heavy atom. The van der Waals surface area contributed by atoms with Crippen molar-refractivity contribution in [2.24, 2.45) is 0 Å². The molecule has 4 rings (SSSR count). The van der Waals surface area contributed by atoms with Crippen LogP contribution in [0.25, 0.3) is 5.69 Å². The predicted molar refractivity (Wildman–Crippen MR) is 111 cm³/mol. The summed E-state index contributed by atoms with van der Waals surface area (Å²) in [7, 11) is 1.64. The van der Waals surface area contributed by atoms with Crippen molar-refractivity contribution in [3.05, 3.63) is 66.7 Å². The highest BCUT2D eigenvalue weighted by molar-refractivity contribution is 5.78. The molecule has 2 heterocycles. The second-order valence-corrected chi connectivity index (χ2v) is 6.91. The van der Waals surface area contributed by atoms with E-state index >= 15 is 0 Å². The van der Waals surface area contributed by atoms with Crippen LogP contribution < -0.4 is 14.4 Å². The summed E-state index contributed by atoms with van der Waals surface area (Å²) in [6.45, 7) is 2.43. The van der Waals surface area contributed by atoms with E-state index in [2.05, 4.69) is 9.88 Å². The summed E-state index contributed by atoms with van der Waals surface area (Å²) < 4.78 is 25.8. The molecule has 7 nitrogen and oxygen atoms in total. The Bertz CT molecular complexity index is 998. The van der Waals surface area contributed by atoms with Gasteiger partial charge in [-0.1, -0.05) is 6.07 Å². The smallest absolute Gasteiger partial charge is 0.260 e. The topological polar surface area (TPSA) is 59.8 Å². The first kappa shape index (κ1) is 19.8. The zero-order valence-corrected chi connectivity index (χ0v) is 16.7. The van der Waals surface area contributed by atoms with E-state index in [0.717, 1.165) is 17.4 Å². The quantitative estimate of drug-likeness (QED) is 0.626. The van der Waals surface area contributed by atoms with E-state index in [4.69, 9.17) is 9.47 Å². The van der Waals surface area contributed by atoms with Gasteiger partial charge in [0.1, 0.15) is 17.3 Å². The molecule has 0 atom stereocenters. The Morgan fingerprint density at radius 3 is 2.57 bits per heavy atom. The molecule has 3 aromatic rings. The number of methoxy groups -OCH3 is 1. The van der Waals surface area contributed by atoms with Gasteiger partial charge in [0.15, 0.2) is 6.61 Å². The highest BCUT2D eigenvalue weighted by Crippen LogP contribution is 2.23. The third-order valence-electron chi connectivity index (χ3n) is 5.04. The third kappa shape index (κ3) is 4.37. The number of piperazine rings is 1. The Labute approximate surface area is 174 Å².